The van der Waals surface area contributed by atoms with Gasteiger partial charge in [-0.25, -0.2) is 4.98 Å². The van der Waals surface area contributed by atoms with Crippen LogP contribution < -0.4 is 0 Å². The fourth-order valence-electron chi connectivity index (χ4n) is 2.64. The van der Waals surface area contributed by atoms with E-state index in [0.717, 1.165) is 42.1 Å². The molecule has 0 aliphatic rings. The predicted molar refractivity (Wildman–Crippen MR) is 83.5 cm³/mol. The van der Waals surface area contributed by atoms with Crippen LogP contribution in [0.3, 0.4) is 0 Å². The van der Waals surface area contributed by atoms with Crippen molar-refractivity contribution in [1.82, 2.24) is 24.2 Å². The Morgan fingerprint density at radius 2 is 2.05 bits per heavy atom. The summed E-state index contributed by atoms with van der Waals surface area (Å²) in [6.07, 6.45) is 1.87. The number of imidazole rings is 1. The first kappa shape index (κ1) is 15.3. The van der Waals surface area contributed by atoms with E-state index in [-0.39, 0.29) is 0 Å². The van der Waals surface area contributed by atoms with Crippen molar-refractivity contribution in [3.63, 3.8) is 0 Å². The van der Waals surface area contributed by atoms with Gasteiger partial charge >= 0.3 is 0 Å². The number of hydrogen-bond acceptors (Lipinski definition) is 3. The highest BCUT2D eigenvalue weighted by atomic mass is 35.5. The molecule has 1 atom stereocenters. The zero-order valence-corrected chi connectivity index (χ0v) is 13.8. The van der Waals surface area contributed by atoms with Crippen LogP contribution >= 0.6 is 11.6 Å². The van der Waals surface area contributed by atoms with Crippen LogP contribution in [0.15, 0.2) is 0 Å². The lowest BCUT2D eigenvalue weighted by atomic mass is 10.2. The predicted octanol–water partition coefficient (Wildman–Crippen LogP) is 2.37. The third-order valence-electron chi connectivity index (χ3n) is 3.66. The van der Waals surface area contributed by atoms with E-state index in [9.17, 15) is 0 Å². The molecular formula is C14H24ClN5. The summed E-state index contributed by atoms with van der Waals surface area (Å²) in [5.41, 5.74) is 3.09. The molecule has 2 aromatic heterocycles. The van der Waals surface area contributed by atoms with Crippen molar-refractivity contribution in [2.75, 3.05) is 26.5 Å². The summed E-state index contributed by atoms with van der Waals surface area (Å²) in [5, 5.41) is 4.48. The van der Waals surface area contributed by atoms with E-state index in [2.05, 4.69) is 35.6 Å². The van der Waals surface area contributed by atoms with E-state index >= 15 is 0 Å². The molecule has 2 rings (SSSR count). The van der Waals surface area contributed by atoms with Crippen molar-refractivity contribution in [2.45, 2.75) is 32.7 Å². The number of nitrogens with zero attached hydrogens (tertiary/aromatic N) is 5. The van der Waals surface area contributed by atoms with E-state index in [1.807, 2.05) is 18.7 Å². The van der Waals surface area contributed by atoms with Gasteiger partial charge in [-0.1, -0.05) is 0 Å². The molecule has 0 aliphatic heterocycles. The molecule has 0 fully saturated rings. The van der Waals surface area contributed by atoms with Gasteiger partial charge in [0.15, 0.2) is 5.65 Å². The van der Waals surface area contributed by atoms with Crippen LogP contribution in [-0.4, -0.2) is 50.8 Å². The molecule has 0 saturated carbocycles. The lowest BCUT2D eigenvalue weighted by Gasteiger charge is -2.19. The first-order chi connectivity index (χ1) is 9.45. The zero-order chi connectivity index (χ0) is 14.9. The molecule has 0 aliphatic carbocycles. The lowest BCUT2D eigenvalue weighted by Crippen LogP contribution is -2.19. The Morgan fingerprint density at radius 1 is 1.35 bits per heavy atom. The van der Waals surface area contributed by atoms with Gasteiger partial charge in [0, 0.05) is 25.4 Å². The van der Waals surface area contributed by atoms with Crippen molar-refractivity contribution >= 4 is 22.8 Å². The molecule has 5 nitrogen and oxygen atoms in total. The van der Waals surface area contributed by atoms with Gasteiger partial charge in [0.1, 0.15) is 11.3 Å². The van der Waals surface area contributed by atoms with Crippen molar-refractivity contribution in [2.24, 2.45) is 7.05 Å². The minimum absolute atomic E-state index is 0.385. The fourth-order valence-corrected chi connectivity index (χ4v) is 2.81. The van der Waals surface area contributed by atoms with Gasteiger partial charge in [0.2, 0.25) is 0 Å². The van der Waals surface area contributed by atoms with Gasteiger partial charge in [0.05, 0.1) is 5.69 Å². The number of halogens is 1. The van der Waals surface area contributed by atoms with E-state index in [4.69, 9.17) is 16.6 Å². The number of rotatable bonds is 6. The van der Waals surface area contributed by atoms with Crippen molar-refractivity contribution in [3.05, 3.63) is 11.5 Å². The maximum Gasteiger partial charge on any atom is 0.158 e. The Morgan fingerprint density at radius 3 is 2.65 bits per heavy atom. The minimum Gasteiger partial charge on any atom is -0.310 e. The fraction of sp³-hybridized carbons (Fsp3) is 0.714. The number of hydrogen-bond donors (Lipinski definition) is 0. The quantitative estimate of drug-likeness (QED) is 0.769. The summed E-state index contributed by atoms with van der Waals surface area (Å²) >= 11 is 5.93. The molecule has 0 saturated heterocycles. The maximum absolute atomic E-state index is 5.93. The Hall–Kier alpha value is -1.07. The summed E-state index contributed by atoms with van der Waals surface area (Å²) in [6.45, 7) is 5.30. The van der Waals surface area contributed by atoms with Crippen LogP contribution in [0.1, 0.15) is 30.9 Å². The molecule has 0 aromatic carbocycles. The van der Waals surface area contributed by atoms with E-state index in [0.29, 0.717) is 11.9 Å². The molecule has 2 heterocycles. The van der Waals surface area contributed by atoms with Crippen molar-refractivity contribution in [3.8, 4) is 0 Å². The molecule has 0 radical (unpaired) electrons. The molecule has 6 heteroatoms. The average molecular weight is 298 g/mol. The SMILES string of the molecule is Cc1nn(C)c2c1nc(CCCl)n2C(C)CCN(C)C. The van der Waals surface area contributed by atoms with Crippen LogP contribution in [0.5, 0.6) is 0 Å². The van der Waals surface area contributed by atoms with E-state index < -0.39 is 0 Å². The molecule has 20 heavy (non-hydrogen) atoms. The molecular weight excluding hydrogens is 274 g/mol. The van der Waals surface area contributed by atoms with Gasteiger partial charge in [0.25, 0.3) is 0 Å². The topological polar surface area (TPSA) is 38.9 Å². The highest BCUT2D eigenvalue weighted by Gasteiger charge is 2.20. The van der Waals surface area contributed by atoms with Crippen LogP contribution in [0, 0.1) is 6.92 Å². The molecule has 0 spiro atoms. The number of fused-ring (bicyclic) bond motifs is 1. The van der Waals surface area contributed by atoms with Crippen molar-refractivity contribution < 1.29 is 0 Å². The number of aryl methyl sites for hydroxylation is 3. The third-order valence-corrected chi connectivity index (χ3v) is 3.85. The van der Waals surface area contributed by atoms with Crippen LogP contribution in [0.4, 0.5) is 0 Å². The minimum atomic E-state index is 0.385. The normalized spacial score (nSPS) is 13.6. The summed E-state index contributed by atoms with van der Waals surface area (Å²) in [7, 11) is 6.19. The Balaban J connectivity index is 2.44. The van der Waals surface area contributed by atoms with E-state index in [1.54, 1.807) is 0 Å². The summed E-state index contributed by atoms with van der Waals surface area (Å²) in [6, 6.07) is 0.385. The van der Waals surface area contributed by atoms with Gasteiger partial charge in [-0.2, -0.15) is 5.10 Å². The van der Waals surface area contributed by atoms with Gasteiger partial charge in [-0.3, -0.25) is 4.68 Å². The highest BCUT2D eigenvalue weighted by molar-refractivity contribution is 6.17. The lowest BCUT2D eigenvalue weighted by molar-refractivity contribution is 0.356. The second kappa shape index (κ2) is 6.14. The summed E-state index contributed by atoms with van der Waals surface area (Å²) < 4.78 is 4.24. The second-order valence-electron chi connectivity index (χ2n) is 5.66. The smallest absolute Gasteiger partial charge is 0.158 e. The first-order valence-corrected chi connectivity index (χ1v) is 7.60. The molecule has 1 unspecified atom stereocenters. The molecule has 0 amide bonds. The van der Waals surface area contributed by atoms with E-state index in [1.165, 1.54) is 0 Å². The third kappa shape index (κ3) is 2.83. The number of aromatic nitrogens is 4. The Bertz CT molecular complexity index is 584. The molecule has 0 bridgehead atoms. The largest absolute Gasteiger partial charge is 0.310 e. The van der Waals surface area contributed by atoms with Crippen LogP contribution in [-0.2, 0) is 13.5 Å². The summed E-state index contributed by atoms with van der Waals surface area (Å²) in [4.78, 5) is 6.96. The molecule has 112 valence electrons. The van der Waals surface area contributed by atoms with Gasteiger partial charge in [-0.15, -0.1) is 11.6 Å². The molecule has 2 aromatic rings. The molecule has 0 N–H and O–H groups in total. The van der Waals surface area contributed by atoms with Crippen LogP contribution in [0.25, 0.3) is 11.2 Å². The highest BCUT2D eigenvalue weighted by Crippen LogP contribution is 2.25. The first-order valence-electron chi connectivity index (χ1n) is 7.06. The standard InChI is InChI=1S/C14H24ClN5/c1-10(7-9-18(3)4)20-12(6-8-15)16-13-11(2)17-19(5)14(13)20/h10H,6-9H2,1-5H3. The van der Waals surface area contributed by atoms with Crippen molar-refractivity contribution in [1.29, 1.82) is 0 Å². The monoisotopic (exact) mass is 297 g/mol. The Kier molecular flexibility index (Phi) is 4.70. The second-order valence-corrected chi connectivity index (χ2v) is 6.04. The maximum atomic E-state index is 5.93. The van der Waals surface area contributed by atoms with Gasteiger partial charge in [-0.05, 0) is 40.9 Å². The Labute approximate surface area is 125 Å². The van der Waals surface area contributed by atoms with Crippen LogP contribution in [0.2, 0.25) is 0 Å². The average Bonchev–Trinajstić information content (AvgIpc) is 2.87. The summed E-state index contributed by atoms with van der Waals surface area (Å²) in [5.74, 6) is 1.66. The zero-order valence-electron chi connectivity index (χ0n) is 13.0. The number of alkyl halides is 1. The van der Waals surface area contributed by atoms with Gasteiger partial charge < -0.3 is 9.47 Å².